The van der Waals surface area contributed by atoms with Crippen molar-refractivity contribution in [2.75, 3.05) is 39.4 Å². The molecule has 0 aliphatic carbocycles. The summed E-state index contributed by atoms with van der Waals surface area (Å²) in [4.78, 5) is 2.37. The Bertz CT molecular complexity index is 679. The molecule has 1 aromatic carbocycles. The molecule has 2 heterocycles. The summed E-state index contributed by atoms with van der Waals surface area (Å²) < 4.78 is 46.2. The minimum Gasteiger partial charge on any atom is -0.379 e. The van der Waals surface area contributed by atoms with Crippen LogP contribution in [0.3, 0.4) is 0 Å². The molecule has 1 aromatic rings. The van der Waals surface area contributed by atoms with Gasteiger partial charge < -0.3 is 4.74 Å². The lowest BCUT2D eigenvalue weighted by Crippen LogP contribution is -2.58. The van der Waals surface area contributed by atoms with Gasteiger partial charge in [0.25, 0.3) is 0 Å². The van der Waals surface area contributed by atoms with E-state index < -0.39 is 15.7 Å². The summed E-state index contributed by atoms with van der Waals surface area (Å²) in [5.41, 5.74) is -0.0548. The van der Waals surface area contributed by atoms with Crippen molar-refractivity contribution < 1.29 is 17.5 Å². The van der Waals surface area contributed by atoms with Crippen LogP contribution in [0.4, 0.5) is 4.39 Å². The van der Waals surface area contributed by atoms with Gasteiger partial charge in [-0.1, -0.05) is 26.0 Å². The average molecular weight is 370 g/mol. The molecule has 25 heavy (non-hydrogen) atoms. The Morgan fingerprint density at radius 3 is 2.32 bits per heavy atom. The van der Waals surface area contributed by atoms with Crippen molar-refractivity contribution in [3.63, 3.8) is 0 Å². The van der Waals surface area contributed by atoms with Crippen molar-refractivity contribution >= 4 is 10.0 Å². The summed E-state index contributed by atoms with van der Waals surface area (Å²) in [6, 6.07) is 6.95. The minimum atomic E-state index is -3.45. The standard InChI is InChI=1S/C18H27FN2O3S/c1-15(2)11-18(19)13-20(14-18)12-16-3-5-17(6-4-16)25(22,23)21-7-9-24-10-8-21/h3-6,15H,7-14H2,1-2H3. The largest absolute Gasteiger partial charge is 0.379 e. The van der Waals surface area contributed by atoms with Crippen LogP contribution in [0.1, 0.15) is 25.8 Å². The first-order chi connectivity index (χ1) is 11.8. The number of rotatable bonds is 6. The van der Waals surface area contributed by atoms with Crippen molar-refractivity contribution in [1.29, 1.82) is 0 Å². The van der Waals surface area contributed by atoms with E-state index in [1.165, 1.54) is 4.31 Å². The minimum absolute atomic E-state index is 0.307. The number of hydrogen-bond donors (Lipinski definition) is 0. The van der Waals surface area contributed by atoms with E-state index in [4.69, 9.17) is 4.74 Å². The molecule has 2 fully saturated rings. The molecule has 0 bridgehead atoms. The third kappa shape index (κ3) is 4.39. The van der Waals surface area contributed by atoms with Crippen LogP contribution in [-0.4, -0.2) is 62.7 Å². The number of sulfonamides is 1. The second-order valence-electron chi connectivity index (χ2n) is 7.55. The Hall–Kier alpha value is -1.02. The van der Waals surface area contributed by atoms with Crippen LogP contribution in [0.5, 0.6) is 0 Å². The average Bonchev–Trinajstić information content (AvgIpc) is 2.54. The molecule has 2 aliphatic rings. The number of likely N-dealkylation sites (tertiary alicyclic amines) is 1. The lowest BCUT2D eigenvalue weighted by Gasteiger charge is -2.45. The highest BCUT2D eigenvalue weighted by Crippen LogP contribution is 2.33. The molecule has 0 unspecified atom stereocenters. The first kappa shape index (κ1) is 18.8. The molecule has 140 valence electrons. The van der Waals surface area contributed by atoms with E-state index >= 15 is 0 Å². The van der Waals surface area contributed by atoms with Crippen LogP contribution in [-0.2, 0) is 21.3 Å². The highest BCUT2D eigenvalue weighted by Gasteiger charge is 2.43. The fourth-order valence-corrected chi connectivity index (χ4v) is 5.10. The number of ether oxygens (including phenoxy) is 1. The van der Waals surface area contributed by atoms with Crippen LogP contribution < -0.4 is 0 Å². The maximum atomic E-state index is 14.4. The summed E-state index contributed by atoms with van der Waals surface area (Å²) in [7, 11) is -3.45. The molecule has 0 saturated carbocycles. The molecule has 0 amide bonds. The van der Waals surface area contributed by atoms with Gasteiger partial charge in [0.2, 0.25) is 10.0 Å². The third-order valence-electron chi connectivity index (χ3n) is 4.73. The molecule has 3 rings (SSSR count). The summed E-state index contributed by atoms with van der Waals surface area (Å²) >= 11 is 0. The molecular formula is C18H27FN2O3S. The SMILES string of the molecule is CC(C)CC1(F)CN(Cc2ccc(S(=O)(=O)N3CCOCC3)cc2)C1. The zero-order chi connectivity index (χ0) is 18.1. The van der Waals surface area contributed by atoms with Crippen LogP contribution >= 0.6 is 0 Å². The summed E-state index contributed by atoms with van der Waals surface area (Å²) in [6.07, 6.45) is 0.597. The number of halogens is 1. The van der Waals surface area contributed by atoms with Crippen molar-refractivity contribution in [3.05, 3.63) is 29.8 Å². The lowest BCUT2D eigenvalue weighted by molar-refractivity contribution is -0.0502. The van der Waals surface area contributed by atoms with Crippen molar-refractivity contribution in [1.82, 2.24) is 9.21 Å². The molecule has 0 atom stereocenters. The fourth-order valence-electron chi connectivity index (χ4n) is 3.69. The van der Waals surface area contributed by atoms with Crippen LogP contribution in [0, 0.1) is 5.92 Å². The van der Waals surface area contributed by atoms with Crippen molar-refractivity contribution in [2.45, 2.75) is 37.4 Å². The van der Waals surface area contributed by atoms with Gasteiger partial charge in [-0.3, -0.25) is 4.90 Å². The molecule has 2 aliphatic heterocycles. The van der Waals surface area contributed by atoms with E-state index in [1.807, 2.05) is 26.0 Å². The molecule has 7 heteroatoms. The van der Waals surface area contributed by atoms with Gasteiger partial charge in [0.15, 0.2) is 0 Å². The first-order valence-corrected chi connectivity index (χ1v) is 10.3. The monoisotopic (exact) mass is 370 g/mol. The predicted molar refractivity (Wildman–Crippen MR) is 94.6 cm³/mol. The molecule has 0 spiro atoms. The van der Waals surface area contributed by atoms with Gasteiger partial charge in [-0.25, -0.2) is 12.8 Å². The van der Waals surface area contributed by atoms with Crippen molar-refractivity contribution in [3.8, 4) is 0 Å². The Morgan fingerprint density at radius 2 is 1.76 bits per heavy atom. The number of alkyl halides is 1. The van der Waals surface area contributed by atoms with E-state index in [9.17, 15) is 12.8 Å². The Labute approximate surface area is 149 Å². The Kier molecular flexibility index (Phi) is 5.48. The molecule has 0 radical (unpaired) electrons. The van der Waals surface area contributed by atoms with E-state index in [-0.39, 0.29) is 0 Å². The predicted octanol–water partition coefficient (Wildman–Crippen LogP) is 2.28. The highest BCUT2D eigenvalue weighted by molar-refractivity contribution is 7.89. The molecular weight excluding hydrogens is 343 g/mol. The molecule has 0 aromatic heterocycles. The normalized spacial score (nSPS) is 22.1. The third-order valence-corrected chi connectivity index (χ3v) is 6.64. The van der Waals surface area contributed by atoms with Gasteiger partial charge in [0, 0.05) is 32.7 Å². The maximum absolute atomic E-state index is 14.4. The maximum Gasteiger partial charge on any atom is 0.243 e. The topological polar surface area (TPSA) is 49.9 Å². The Morgan fingerprint density at radius 1 is 1.16 bits per heavy atom. The van der Waals surface area contributed by atoms with E-state index in [2.05, 4.69) is 4.90 Å². The lowest BCUT2D eigenvalue weighted by atomic mass is 9.87. The first-order valence-electron chi connectivity index (χ1n) is 8.87. The van der Waals surface area contributed by atoms with E-state index in [0.29, 0.717) is 63.2 Å². The Balaban J connectivity index is 1.58. The van der Waals surface area contributed by atoms with Gasteiger partial charge in [0.05, 0.1) is 18.1 Å². The number of benzene rings is 1. The number of hydrogen-bond acceptors (Lipinski definition) is 4. The summed E-state index contributed by atoms with van der Waals surface area (Å²) in [5.74, 6) is 0.358. The molecule has 2 saturated heterocycles. The van der Waals surface area contributed by atoms with Crippen LogP contribution in [0.15, 0.2) is 29.2 Å². The van der Waals surface area contributed by atoms with Crippen LogP contribution in [0.2, 0.25) is 0 Å². The summed E-state index contributed by atoms with van der Waals surface area (Å²) in [5, 5.41) is 0. The number of morpholine rings is 1. The number of nitrogens with zero attached hydrogens (tertiary/aromatic N) is 2. The second kappa shape index (κ2) is 7.31. The van der Waals surface area contributed by atoms with Crippen LogP contribution in [0.25, 0.3) is 0 Å². The highest BCUT2D eigenvalue weighted by atomic mass is 32.2. The van der Waals surface area contributed by atoms with Gasteiger partial charge >= 0.3 is 0 Å². The molecule has 0 N–H and O–H groups in total. The fraction of sp³-hybridized carbons (Fsp3) is 0.667. The summed E-state index contributed by atoms with van der Waals surface area (Å²) in [6.45, 7) is 7.31. The quantitative estimate of drug-likeness (QED) is 0.771. The van der Waals surface area contributed by atoms with E-state index in [0.717, 1.165) is 5.56 Å². The van der Waals surface area contributed by atoms with Gasteiger partial charge in [-0.05, 0) is 30.0 Å². The zero-order valence-electron chi connectivity index (χ0n) is 14.9. The van der Waals surface area contributed by atoms with Gasteiger partial charge in [-0.15, -0.1) is 0 Å². The second-order valence-corrected chi connectivity index (χ2v) is 9.49. The molecule has 5 nitrogen and oxygen atoms in total. The van der Waals surface area contributed by atoms with Gasteiger partial charge in [0.1, 0.15) is 5.67 Å². The zero-order valence-corrected chi connectivity index (χ0v) is 15.8. The van der Waals surface area contributed by atoms with Crippen molar-refractivity contribution in [2.24, 2.45) is 5.92 Å². The smallest absolute Gasteiger partial charge is 0.243 e. The van der Waals surface area contributed by atoms with E-state index in [1.54, 1.807) is 12.1 Å². The van der Waals surface area contributed by atoms with Gasteiger partial charge in [-0.2, -0.15) is 4.31 Å².